The fourth-order valence-electron chi connectivity index (χ4n) is 2.07. The van der Waals surface area contributed by atoms with Crippen LogP contribution >= 0.6 is 11.8 Å². The summed E-state index contributed by atoms with van der Waals surface area (Å²) in [6, 6.07) is 5.28. The van der Waals surface area contributed by atoms with E-state index in [9.17, 15) is 4.79 Å². The number of carbonyl (C=O) groups excluding carboxylic acids is 1. The van der Waals surface area contributed by atoms with Crippen molar-refractivity contribution in [2.45, 2.75) is 5.03 Å². The quantitative estimate of drug-likeness (QED) is 0.797. The molecule has 2 heterocycles. The Hall–Kier alpha value is -2.29. The minimum Gasteiger partial charge on any atom is -0.383 e. The highest BCUT2D eigenvalue weighted by molar-refractivity contribution is 8.00. The monoisotopic (exact) mass is 316 g/mol. The molecule has 7 nitrogen and oxygen atoms in total. The van der Waals surface area contributed by atoms with Crippen molar-refractivity contribution in [3.63, 3.8) is 0 Å². The van der Waals surface area contributed by atoms with E-state index >= 15 is 0 Å². The van der Waals surface area contributed by atoms with Gasteiger partial charge in [-0.15, -0.1) is 0 Å². The first kappa shape index (κ1) is 16.1. The van der Waals surface area contributed by atoms with E-state index < -0.39 is 0 Å². The lowest BCUT2D eigenvalue weighted by Gasteiger charge is -2.32. The number of rotatable bonds is 3. The first-order valence-electron chi connectivity index (χ1n) is 6.75. The van der Waals surface area contributed by atoms with Crippen molar-refractivity contribution in [3.05, 3.63) is 17.2 Å². The maximum absolute atomic E-state index is 12.2. The number of nitrogen functional groups attached to an aromatic ring is 1. The van der Waals surface area contributed by atoms with Gasteiger partial charge in [0.15, 0.2) is 0 Å². The third-order valence-corrected chi connectivity index (χ3v) is 4.42. The van der Waals surface area contributed by atoms with Crippen molar-refractivity contribution in [2.75, 3.05) is 44.7 Å². The molecule has 1 aromatic rings. The van der Waals surface area contributed by atoms with Crippen molar-refractivity contribution in [2.24, 2.45) is 0 Å². The van der Waals surface area contributed by atoms with Gasteiger partial charge in [-0.05, 0) is 13.1 Å². The minimum atomic E-state index is 0.0201. The van der Waals surface area contributed by atoms with E-state index in [0.717, 1.165) is 13.1 Å². The topological polar surface area (TPSA) is 110 Å². The van der Waals surface area contributed by atoms with Crippen LogP contribution in [0.3, 0.4) is 0 Å². The van der Waals surface area contributed by atoms with Gasteiger partial charge in [-0.1, -0.05) is 11.8 Å². The molecule has 0 spiro atoms. The van der Waals surface area contributed by atoms with E-state index in [2.05, 4.69) is 9.88 Å². The molecule has 0 unspecified atom stereocenters. The SMILES string of the molecule is CN1CCN(C(=O)CSc2nc(N)c(C#N)cc2C#N)CC1. The molecule has 1 amide bonds. The molecule has 2 rings (SSSR count). The van der Waals surface area contributed by atoms with Crippen molar-refractivity contribution < 1.29 is 4.79 Å². The number of thioether (sulfide) groups is 1. The molecule has 0 atom stereocenters. The van der Waals surface area contributed by atoms with E-state index in [1.165, 1.54) is 17.8 Å². The van der Waals surface area contributed by atoms with Gasteiger partial charge in [0.25, 0.3) is 0 Å². The molecule has 1 aromatic heterocycles. The lowest BCUT2D eigenvalue weighted by Crippen LogP contribution is -2.47. The lowest BCUT2D eigenvalue weighted by molar-refractivity contribution is -0.129. The standard InChI is InChI=1S/C14H16N6OS/c1-19-2-4-20(5-3-19)12(21)9-22-14-11(8-16)6-10(7-15)13(17)18-14/h6H,2-5,9H2,1H3,(H2,17,18). The number of amides is 1. The van der Waals surface area contributed by atoms with E-state index in [1.807, 2.05) is 24.1 Å². The molecule has 8 heteroatoms. The van der Waals surface area contributed by atoms with Crippen LogP contribution in [-0.4, -0.2) is 59.7 Å². The predicted molar refractivity (Wildman–Crippen MR) is 82.9 cm³/mol. The van der Waals surface area contributed by atoms with Gasteiger partial charge < -0.3 is 15.5 Å². The van der Waals surface area contributed by atoms with Crippen LogP contribution in [0.1, 0.15) is 11.1 Å². The summed E-state index contributed by atoms with van der Waals surface area (Å²) in [4.78, 5) is 20.2. The van der Waals surface area contributed by atoms with Crippen molar-refractivity contribution in [1.29, 1.82) is 10.5 Å². The van der Waals surface area contributed by atoms with Crippen molar-refractivity contribution in [1.82, 2.24) is 14.8 Å². The van der Waals surface area contributed by atoms with Crippen LogP contribution in [0.4, 0.5) is 5.82 Å². The summed E-state index contributed by atoms with van der Waals surface area (Å²) >= 11 is 1.18. The first-order valence-corrected chi connectivity index (χ1v) is 7.73. The zero-order valence-electron chi connectivity index (χ0n) is 12.2. The third kappa shape index (κ3) is 3.67. The number of hydrogen-bond donors (Lipinski definition) is 1. The molecule has 1 aliphatic rings. The fraction of sp³-hybridized carbons (Fsp3) is 0.429. The van der Waals surface area contributed by atoms with Crippen LogP contribution in [0.25, 0.3) is 0 Å². The van der Waals surface area contributed by atoms with Gasteiger partial charge in [0.1, 0.15) is 23.0 Å². The maximum Gasteiger partial charge on any atom is 0.233 e. The molecule has 114 valence electrons. The molecule has 2 N–H and O–H groups in total. The highest BCUT2D eigenvalue weighted by atomic mass is 32.2. The number of nitrogens with zero attached hydrogens (tertiary/aromatic N) is 5. The Labute approximate surface area is 133 Å². The van der Waals surface area contributed by atoms with Crippen LogP contribution in [0.2, 0.25) is 0 Å². The Balaban J connectivity index is 2.03. The molecular formula is C14H16N6OS. The molecule has 0 bridgehead atoms. The Morgan fingerprint density at radius 3 is 2.55 bits per heavy atom. The Morgan fingerprint density at radius 2 is 1.95 bits per heavy atom. The first-order chi connectivity index (χ1) is 10.5. The summed E-state index contributed by atoms with van der Waals surface area (Å²) in [6.45, 7) is 3.15. The number of hydrogen-bond acceptors (Lipinski definition) is 7. The van der Waals surface area contributed by atoms with Crippen molar-refractivity contribution >= 4 is 23.5 Å². The number of carbonyl (C=O) groups is 1. The van der Waals surface area contributed by atoms with Crippen LogP contribution < -0.4 is 5.73 Å². The van der Waals surface area contributed by atoms with Crippen LogP contribution in [-0.2, 0) is 4.79 Å². The second-order valence-corrected chi connectivity index (χ2v) is 5.93. The minimum absolute atomic E-state index is 0.0201. The summed E-state index contributed by atoms with van der Waals surface area (Å²) in [5.41, 5.74) is 6.10. The summed E-state index contributed by atoms with van der Waals surface area (Å²) in [5.74, 6) is 0.305. The van der Waals surface area contributed by atoms with Gasteiger partial charge >= 0.3 is 0 Å². The smallest absolute Gasteiger partial charge is 0.233 e. The molecule has 1 saturated heterocycles. The number of pyridine rings is 1. The molecular weight excluding hydrogens is 300 g/mol. The van der Waals surface area contributed by atoms with Crippen LogP contribution in [0.15, 0.2) is 11.1 Å². The highest BCUT2D eigenvalue weighted by Crippen LogP contribution is 2.24. The van der Waals surface area contributed by atoms with Gasteiger partial charge in [0, 0.05) is 26.2 Å². The Morgan fingerprint density at radius 1 is 1.32 bits per heavy atom. The van der Waals surface area contributed by atoms with Gasteiger partial charge in [-0.3, -0.25) is 4.79 Å². The zero-order valence-corrected chi connectivity index (χ0v) is 13.1. The predicted octanol–water partition coefficient (Wildman–Crippen LogP) is 0.273. The van der Waals surface area contributed by atoms with Gasteiger partial charge in [-0.2, -0.15) is 10.5 Å². The third-order valence-electron chi connectivity index (χ3n) is 3.45. The van der Waals surface area contributed by atoms with E-state index in [-0.39, 0.29) is 28.6 Å². The van der Waals surface area contributed by atoms with E-state index in [0.29, 0.717) is 18.1 Å². The second-order valence-electron chi connectivity index (χ2n) is 4.97. The number of anilines is 1. The maximum atomic E-state index is 12.2. The number of nitrogens with two attached hydrogens (primary N) is 1. The normalized spacial score (nSPS) is 15.1. The number of likely N-dealkylation sites (N-methyl/N-ethyl adjacent to an activating group) is 1. The average molecular weight is 316 g/mol. The van der Waals surface area contributed by atoms with Gasteiger partial charge in [0.05, 0.1) is 16.9 Å². The zero-order chi connectivity index (χ0) is 16.1. The molecule has 1 aliphatic heterocycles. The number of aromatic nitrogens is 1. The second kappa shape index (κ2) is 7.12. The molecule has 22 heavy (non-hydrogen) atoms. The summed E-state index contributed by atoms with van der Waals surface area (Å²) in [5, 5.41) is 18.4. The lowest BCUT2D eigenvalue weighted by atomic mass is 10.2. The summed E-state index contributed by atoms with van der Waals surface area (Å²) in [6.07, 6.45) is 0. The van der Waals surface area contributed by atoms with Gasteiger partial charge in [-0.25, -0.2) is 4.98 Å². The van der Waals surface area contributed by atoms with E-state index in [1.54, 1.807) is 0 Å². The van der Waals surface area contributed by atoms with Crippen LogP contribution in [0, 0.1) is 22.7 Å². The molecule has 0 saturated carbocycles. The van der Waals surface area contributed by atoms with Gasteiger partial charge in [0.2, 0.25) is 5.91 Å². The molecule has 0 aromatic carbocycles. The summed E-state index contributed by atoms with van der Waals surface area (Å²) in [7, 11) is 2.03. The average Bonchev–Trinajstić information content (AvgIpc) is 2.53. The Bertz CT molecular complexity index is 655. The van der Waals surface area contributed by atoms with Crippen LogP contribution in [0.5, 0.6) is 0 Å². The Kier molecular flexibility index (Phi) is 5.21. The largest absolute Gasteiger partial charge is 0.383 e. The number of nitriles is 2. The van der Waals surface area contributed by atoms with E-state index in [4.69, 9.17) is 16.3 Å². The number of piperazine rings is 1. The van der Waals surface area contributed by atoms with Crippen molar-refractivity contribution in [3.8, 4) is 12.1 Å². The molecule has 0 aliphatic carbocycles. The fourth-order valence-corrected chi connectivity index (χ4v) is 2.93. The molecule has 0 radical (unpaired) electrons. The highest BCUT2D eigenvalue weighted by Gasteiger charge is 2.20. The molecule has 1 fully saturated rings. The summed E-state index contributed by atoms with van der Waals surface area (Å²) < 4.78 is 0.